The highest BCUT2D eigenvalue weighted by atomic mass is 79.9. The summed E-state index contributed by atoms with van der Waals surface area (Å²) in [5, 5.41) is 4.54. The first-order chi connectivity index (χ1) is 11.7. The predicted molar refractivity (Wildman–Crippen MR) is 98.7 cm³/mol. The molecule has 1 aromatic carbocycles. The third-order valence-corrected chi connectivity index (χ3v) is 5.18. The highest BCUT2D eigenvalue weighted by Crippen LogP contribution is 2.20. The molecule has 1 aliphatic heterocycles. The van der Waals surface area contributed by atoms with Crippen molar-refractivity contribution in [1.82, 2.24) is 9.55 Å². The zero-order valence-corrected chi connectivity index (χ0v) is 15.0. The number of aromatic nitrogens is 2. The quantitative estimate of drug-likeness (QED) is 0.803. The van der Waals surface area contributed by atoms with Crippen molar-refractivity contribution in [3.05, 3.63) is 56.2 Å². The van der Waals surface area contributed by atoms with Gasteiger partial charge >= 0.3 is 0 Å². The second-order valence-electron chi connectivity index (χ2n) is 6.31. The number of fused-ring (bicyclic) bond motifs is 2. The largest absolute Gasteiger partial charge is 0.291 e. The average molecular weight is 387 g/mol. The first-order valence-corrected chi connectivity index (χ1v) is 9.23. The van der Waals surface area contributed by atoms with Gasteiger partial charge in [-0.15, -0.1) is 0 Å². The lowest BCUT2D eigenvalue weighted by molar-refractivity contribution is 0.559. The molecule has 0 spiro atoms. The Hall–Kier alpha value is -1.95. The molecular weight excluding hydrogens is 368 g/mol. The van der Waals surface area contributed by atoms with E-state index in [1.54, 1.807) is 0 Å². The summed E-state index contributed by atoms with van der Waals surface area (Å²) < 4.78 is 2.85. The van der Waals surface area contributed by atoms with E-state index < -0.39 is 0 Å². The summed E-state index contributed by atoms with van der Waals surface area (Å²) in [5.74, 6) is 0.747. The SMILES string of the molecule is O=c1c2c(nc3n1CCCC3=NNc1ccc(Br)cc1)CCCC2. The van der Waals surface area contributed by atoms with Crippen LogP contribution in [0.1, 0.15) is 42.8 Å². The molecule has 1 aliphatic carbocycles. The number of nitrogens with zero attached hydrogens (tertiary/aromatic N) is 3. The molecule has 0 saturated carbocycles. The molecular formula is C18H19BrN4O. The number of anilines is 1. The van der Waals surface area contributed by atoms with Crippen LogP contribution >= 0.6 is 15.9 Å². The average Bonchev–Trinajstić information content (AvgIpc) is 2.62. The van der Waals surface area contributed by atoms with E-state index in [2.05, 4.69) is 26.5 Å². The Labute approximate surface area is 148 Å². The zero-order valence-electron chi connectivity index (χ0n) is 13.4. The first kappa shape index (κ1) is 15.6. The van der Waals surface area contributed by atoms with Crippen LogP contribution in [0.25, 0.3) is 0 Å². The summed E-state index contributed by atoms with van der Waals surface area (Å²) in [5.41, 5.74) is 6.93. The van der Waals surface area contributed by atoms with E-state index in [-0.39, 0.29) is 5.56 Å². The Kier molecular flexibility index (Phi) is 4.22. The molecule has 4 rings (SSSR count). The minimum atomic E-state index is 0.144. The van der Waals surface area contributed by atoms with Gasteiger partial charge < -0.3 is 0 Å². The fourth-order valence-corrected chi connectivity index (χ4v) is 3.66. The number of hydrazone groups is 1. The van der Waals surface area contributed by atoms with Gasteiger partial charge in [-0.2, -0.15) is 5.10 Å². The summed E-state index contributed by atoms with van der Waals surface area (Å²) in [6, 6.07) is 7.86. The van der Waals surface area contributed by atoms with Gasteiger partial charge in [0.2, 0.25) is 0 Å². The molecule has 0 bridgehead atoms. The van der Waals surface area contributed by atoms with Crippen LogP contribution in [0, 0.1) is 0 Å². The Morgan fingerprint density at radius 3 is 2.71 bits per heavy atom. The zero-order chi connectivity index (χ0) is 16.5. The molecule has 2 aliphatic rings. The van der Waals surface area contributed by atoms with Gasteiger partial charge in [-0.05, 0) is 62.8 Å². The molecule has 0 radical (unpaired) electrons. The van der Waals surface area contributed by atoms with E-state index in [1.165, 1.54) is 0 Å². The molecule has 6 heteroatoms. The number of rotatable bonds is 2. The molecule has 0 atom stereocenters. The van der Waals surface area contributed by atoms with E-state index in [1.807, 2.05) is 28.8 Å². The molecule has 0 unspecified atom stereocenters. The fraction of sp³-hybridized carbons (Fsp3) is 0.389. The van der Waals surface area contributed by atoms with E-state index in [4.69, 9.17) is 4.98 Å². The maximum Gasteiger partial charge on any atom is 0.257 e. The second-order valence-corrected chi connectivity index (χ2v) is 7.22. The lowest BCUT2D eigenvalue weighted by Crippen LogP contribution is -2.36. The van der Waals surface area contributed by atoms with Crippen LogP contribution in [0.4, 0.5) is 5.69 Å². The van der Waals surface area contributed by atoms with Crippen molar-refractivity contribution in [3.8, 4) is 0 Å². The minimum Gasteiger partial charge on any atom is -0.291 e. The number of hydrogen-bond donors (Lipinski definition) is 1. The van der Waals surface area contributed by atoms with E-state index in [0.717, 1.165) is 78.0 Å². The fourth-order valence-electron chi connectivity index (χ4n) is 3.40. The Balaban J connectivity index is 1.70. The Morgan fingerprint density at radius 1 is 1.08 bits per heavy atom. The van der Waals surface area contributed by atoms with Crippen LogP contribution in [0.15, 0.2) is 38.6 Å². The van der Waals surface area contributed by atoms with Crippen LogP contribution in [-0.2, 0) is 19.4 Å². The maximum absolute atomic E-state index is 12.8. The number of hydrogen-bond acceptors (Lipinski definition) is 4. The van der Waals surface area contributed by atoms with Gasteiger partial charge in [0.05, 0.1) is 11.4 Å². The summed E-state index contributed by atoms with van der Waals surface area (Å²) in [6.45, 7) is 0.742. The normalized spacial score (nSPS) is 18.1. The van der Waals surface area contributed by atoms with Crippen LogP contribution < -0.4 is 11.0 Å². The molecule has 0 saturated heterocycles. The molecule has 5 nitrogen and oxygen atoms in total. The molecule has 0 fully saturated rings. The van der Waals surface area contributed by atoms with Crippen molar-refractivity contribution >= 4 is 27.3 Å². The topological polar surface area (TPSA) is 59.3 Å². The van der Waals surface area contributed by atoms with Crippen molar-refractivity contribution < 1.29 is 0 Å². The van der Waals surface area contributed by atoms with Crippen molar-refractivity contribution in [2.75, 3.05) is 5.43 Å². The van der Waals surface area contributed by atoms with Crippen molar-refractivity contribution in [2.24, 2.45) is 5.10 Å². The summed E-state index contributed by atoms with van der Waals surface area (Å²) in [4.78, 5) is 17.6. The molecule has 24 heavy (non-hydrogen) atoms. The molecule has 1 aromatic heterocycles. The van der Waals surface area contributed by atoms with Gasteiger partial charge in [-0.3, -0.25) is 14.8 Å². The van der Waals surface area contributed by atoms with E-state index >= 15 is 0 Å². The van der Waals surface area contributed by atoms with Gasteiger partial charge in [0.15, 0.2) is 5.82 Å². The van der Waals surface area contributed by atoms with Crippen molar-refractivity contribution in [3.63, 3.8) is 0 Å². The number of halogens is 1. The van der Waals surface area contributed by atoms with E-state index in [0.29, 0.717) is 0 Å². The van der Waals surface area contributed by atoms with Gasteiger partial charge in [-0.1, -0.05) is 15.9 Å². The lowest BCUT2D eigenvalue weighted by atomic mass is 9.96. The Bertz CT molecular complexity index is 855. The molecule has 1 N–H and O–H groups in total. The van der Waals surface area contributed by atoms with Gasteiger partial charge in [0, 0.05) is 16.6 Å². The minimum absolute atomic E-state index is 0.144. The predicted octanol–water partition coefficient (Wildman–Crippen LogP) is 3.49. The molecule has 2 heterocycles. The van der Waals surface area contributed by atoms with Crippen molar-refractivity contribution in [1.29, 1.82) is 0 Å². The Morgan fingerprint density at radius 2 is 1.88 bits per heavy atom. The van der Waals surface area contributed by atoms with Gasteiger partial charge in [-0.25, -0.2) is 4.98 Å². The van der Waals surface area contributed by atoms with Crippen LogP contribution in [0.3, 0.4) is 0 Å². The number of aryl methyl sites for hydroxylation is 1. The smallest absolute Gasteiger partial charge is 0.257 e. The summed E-state index contributed by atoms with van der Waals surface area (Å²) in [7, 11) is 0. The summed E-state index contributed by atoms with van der Waals surface area (Å²) >= 11 is 3.43. The van der Waals surface area contributed by atoms with Crippen LogP contribution in [-0.4, -0.2) is 15.3 Å². The third-order valence-electron chi connectivity index (χ3n) is 4.66. The van der Waals surface area contributed by atoms with Crippen molar-refractivity contribution in [2.45, 2.75) is 45.1 Å². The van der Waals surface area contributed by atoms with E-state index in [9.17, 15) is 4.79 Å². The van der Waals surface area contributed by atoms with Crippen LogP contribution in [0.2, 0.25) is 0 Å². The standard InChI is InChI=1S/C18H19BrN4O/c19-12-7-9-13(10-8-12)21-22-16-6-3-11-23-17(16)20-15-5-2-1-4-14(15)18(23)24/h7-10,21H,1-6,11H2. The maximum atomic E-state index is 12.8. The first-order valence-electron chi connectivity index (χ1n) is 8.43. The monoisotopic (exact) mass is 386 g/mol. The highest BCUT2D eigenvalue weighted by Gasteiger charge is 2.24. The van der Waals surface area contributed by atoms with Gasteiger partial charge in [0.25, 0.3) is 5.56 Å². The number of benzene rings is 1. The van der Waals surface area contributed by atoms with Crippen LogP contribution in [0.5, 0.6) is 0 Å². The lowest BCUT2D eigenvalue weighted by Gasteiger charge is -2.23. The van der Waals surface area contributed by atoms with Gasteiger partial charge in [0.1, 0.15) is 5.71 Å². The molecule has 124 valence electrons. The highest BCUT2D eigenvalue weighted by molar-refractivity contribution is 9.10. The second kappa shape index (κ2) is 6.51. The molecule has 2 aromatic rings. The summed E-state index contributed by atoms with van der Waals surface area (Å²) in [6.07, 6.45) is 5.75. The third kappa shape index (κ3) is 2.90. The molecule has 0 amide bonds. The number of nitrogens with one attached hydrogen (secondary N) is 1.